The molecular weight excluding hydrogens is 182 g/mol. The van der Waals surface area contributed by atoms with Crippen LogP contribution in [0, 0.1) is 11.8 Å². The van der Waals surface area contributed by atoms with Gasteiger partial charge in [-0.25, -0.2) is 0 Å². The van der Waals surface area contributed by atoms with E-state index in [-0.39, 0.29) is 0 Å². The van der Waals surface area contributed by atoms with E-state index in [4.69, 9.17) is 0 Å². The van der Waals surface area contributed by atoms with Gasteiger partial charge in [-0.3, -0.25) is 0 Å². The molecule has 0 N–H and O–H groups in total. The molecule has 0 aromatic heterocycles. The fraction of sp³-hybridized carbons (Fsp3) is 1.00. The van der Waals surface area contributed by atoms with Crippen molar-refractivity contribution >= 4 is 0 Å². The molecule has 2 rings (SSSR count). The molecule has 0 amide bonds. The van der Waals surface area contributed by atoms with Gasteiger partial charge < -0.3 is 4.90 Å². The van der Waals surface area contributed by atoms with Crippen LogP contribution in [0.5, 0.6) is 0 Å². The number of nitrogens with zero attached hydrogens (tertiary/aromatic N) is 1. The first-order valence-electron chi connectivity index (χ1n) is 7.05. The van der Waals surface area contributed by atoms with E-state index in [1.807, 2.05) is 0 Å². The van der Waals surface area contributed by atoms with E-state index in [1.165, 1.54) is 58.0 Å². The molecule has 2 aliphatic rings. The normalized spacial score (nSPS) is 34.8. The first-order valence-corrected chi connectivity index (χ1v) is 7.05. The largest absolute Gasteiger partial charge is 0.300 e. The highest BCUT2D eigenvalue weighted by Crippen LogP contribution is 2.32. The van der Waals surface area contributed by atoms with Gasteiger partial charge >= 0.3 is 0 Å². The van der Waals surface area contributed by atoms with Crippen molar-refractivity contribution in [2.24, 2.45) is 11.8 Å². The summed E-state index contributed by atoms with van der Waals surface area (Å²) in [6, 6.07) is 0.955. The number of rotatable bonds is 3. The molecule has 0 bridgehead atoms. The molecule has 2 atom stereocenters. The predicted molar refractivity (Wildman–Crippen MR) is 66.0 cm³/mol. The van der Waals surface area contributed by atoms with Crippen LogP contribution in [0.25, 0.3) is 0 Å². The fourth-order valence-electron chi connectivity index (χ4n) is 3.53. The molecule has 15 heavy (non-hydrogen) atoms. The van der Waals surface area contributed by atoms with Crippen molar-refractivity contribution in [1.29, 1.82) is 0 Å². The van der Waals surface area contributed by atoms with Gasteiger partial charge in [-0.15, -0.1) is 0 Å². The Labute approximate surface area is 95.2 Å². The van der Waals surface area contributed by atoms with Crippen molar-refractivity contribution in [2.45, 2.75) is 64.8 Å². The molecule has 1 aliphatic carbocycles. The Balaban J connectivity index is 1.86. The molecule has 0 radical (unpaired) electrons. The van der Waals surface area contributed by atoms with E-state index >= 15 is 0 Å². The van der Waals surface area contributed by atoms with Gasteiger partial charge in [0.05, 0.1) is 0 Å². The summed E-state index contributed by atoms with van der Waals surface area (Å²) in [5.74, 6) is 1.96. The molecule has 0 unspecified atom stereocenters. The molecular formula is C14H27N. The second-order valence-corrected chi connectivity index (χ2v) is 5.75. The summed E-state index contributed by atoms with van der Waals surface area (Å²) in [7, 11) is 0. The number of hydrogen-bond acceptors (Lipinski definition) is 1. The maximum atomic E-state index is 2.81. The Morgan fingerprint density at radius 2 is 1.87 bits per heavy atom. The highest BCUT2D eigenvalue weighted by molar-refractivity contribution is 4.84. The predicted octanol–water partition coefficient (Wildman–Crippen LogP) is 3.69. The molecule has 0 aromatic rings. The summed E-state index contributed by atoms with van der Waals surface area (Å²) < 4.78 is 0. The van der Waals surface area contributed by atoms with Crippen LogP contribution in [0.3, 0.4) is 0 Å². The van der Waals surface area contributed by atoms with Crippen LogP contribution in [0.4, 0.5) is 0 Å². The number of piperidine rings is 1. The third-order valence-electron chi connectivity index (χ3n) is 4.65. The maximum absolute atomic E-state index is 2.81. The Morgan fingerprint density at radius 1 is 1.13 bits per heavy atom. The summed E-state index contributed by atoms with van der Waals surface area (Å²) in [4.78, 5) is 2.81. The van der Waals surface area contributed by atoms with Gasteiger partial charge in [0.15, 0.2) is 0 Å². The topological polar surface area (TPSA) is 3.24 Å². The molecule has 2 fully saturated rings. The lowest BCUT2D eigenvalue weighted by Crippen LogP contribution is -2.44. The lowest BCUT2D eigenvalue weighted by Gasteiger charge is -2.40. The second-order valence-electron chi connectivity index (χ2n) is 5.75. The zero-order valence-corrected chi connectivity index (χ0v) is 10.5. The molecule has 1 heterocycles. The number of likely N-dealkylation sites (tertiary alicyclic amines) is 1. The summed E-state index contributed by atoms with van der Waals surface area (Å²) in [5, 5.41) is 0. The van der Waals surface area contributed by atoms with Crippen molar-refractivity contribution in [3.63, 3.8) is 0 Å². The number of hydrogen-bond donors (Lipinski definition) is 0. The molecule has 1 saturated carbocycles. The summed E-state index contributed by atoms with van der Waals surface area (Å²) in [6.07, 6.45) is 10.2. The summed E-state index contributed by atoms with van der Waals surface area (Å²) in [5.41, 5.74) is 0. The average Bonchev–Trinajstić information content (AvgIpc) is 2.75. The van der Waals surface area contributed by atoms with Gasteiger partial charge in [0.1, 0.15) is 0 Å². The van der Waals surface area contributed by atoms with Crippen LogP contribution < -0.4 is 0 Å². The molecule has 88 valence electrons. The second kappa shape index (κ2) is 5.34. The van der Waals surface area contributed by atoms with E-state index in [2.05, 4.69) is 18.7 Å². The Kier molecular flexibility index (Phi) is 4.07. The Morgan fingerprint density at radius 3 is 2.53 bits per heavy atom. The lowest BCUT2D eigenvalue weighted by atomic mass is 9.83. The van der Waals surface area contributed by atoms with Crippen molar-refractivity contribution in [2.75, 3.05) is 13.1 Å². The summed E-state index contributed by atoms with van der Waals surface area (Å²) >= 11 is 0. The minimum atomic E-state index is 0.955. The minimum Gasteiger partial charge on any atom is -0.300 e. The van der Waals surface area contributed by atoms with Crippen LogP contribution in [-0.4, -0.2) is 24.0 Å². The zero-order valence-electron chi connectivity index (χ0n) is 10.5. The highest BCUT2D eigenvalue weighted by atomic mass is 15.2. The van der Waals surface area contributed by atoms with Crippen LogP contribution in [0.2, 0.25) is 0 Å². The standard InChI is InChI=1S/C14H27N/c1-3-6-13-11-15(10-9-12(13)2)14-7-4-5-8-14/h12-14H,3-11H2,1-2H3/t12-,13-/m1/s1. The molecule has 1 nitrogen and oxygen atoms in total. The minimum absolute atomic E-state index is 0.955. The SMILES string of the molecule is CCC[C@@H]1CN(C2CCCC2)CC[C@H]1C. The first-order chi connectivity index (χ1) is 7.31. The zero-order chi connectivity index (χ0) is 10.7. The van der Waals surface area contributed by atoms with Gasteiger partial charge in [-0.05, 0) is 44.1 Å². The molecule has 1 heteroatoms. The highest BCUT2D eigenvalue weighted by Gasteiger charge is 2.30. The molecule has 1 aliphatic heterocycles. The van der Waals surface area contributed by atoms with Crippen LogP contribution in [0.15, 0.2) is 0 Å². The van der Waals surface area contributed by atoms with Gasteiger partial charge in [0, 0.05) is 12.6 Å². The van der Waals surface area contributed by atoms with Crippen molar-refractivity contribution in [3.05, 3.63) is 0 Å². The monoisotopic (exact) mass is 209 g/mol. The van der Waals surface area contributed by atoms with Gasteiger partial charge in [-0.1, -0.05) is 33.1 Å². The average molecular weight is 209 g/mol. The smallest absolute Gasteiger partial charge is 0.00953 e. The quantitative estimate of drug-likeness (QED) is 0.685. The summed E-state index contributed by atoms with van der Waals surface area (Å²) in [6.45, 7) is 7.58. The van der Waals surface area contributed by atoms with Gasteiger partial charge in [0.2, 0.25) is 0 Å². The van der Waals surface area contributed by atoms with E-state index in [0.717, 1.165) is 17.9 Å². The lowest BCUT2D eigenvalue weighted by molar-refractivity contribution is 0.0847. The molecule has 1 saturated heterocycles. The maximum Gasteiger partial charge on any atom is 0.00953 e. The molecule has 0 spiro atoms. The Hall–Kier alpha value is -0.0400. The third kappa shape index (κ3) is 2.75. The van der Waals surface area contributed by atoms with Gasteiger partial charge in [-0.2, -0.15) is 0 Å². The third-order valence-corrected chi connectivity index (χ3v) is 4.65. The first kappa shape index (κ1) is 11.4. The van der Waals surface area contributed by atoms with E-state index in [9.17, 15) is 0 Å². The van der Waals surface area contributed by atoms with Crippen molar-refractivity contribution in [1.82, 2.24) is 4.90 Å². The molecule has 0 aromatic carbocycles. The van der Waals surface area contributed by atoms with E-state index in [1.54, 1.807) is 0 Å². The van der Waals surface area contributed by atoms with Crippen LogP contribution in [-0.2, 0) is 0 Å². The van der Waals surface area contributed by atoms with Crippen LogP contribution in [0.1, 0.15) is 58.8 Å². The van der Waals surface area contributed by atoms with Crippen molar-refractivity contribution < 1.29 is 0 Å². The van der Waals surface area contributed by atoms with E-state index < -0.39 is 0 Å². The van der Waals surface area contributed by atoms with E-state index in [0.29, 0.717) is 0 Å². The van der Waals surface area contributed by atoms with Gasteiger partial charge in [0.25, 0.3) is 0 Å². The fourth-order valence-corrected chi connectivity index (χ4v) is 3.53. The van der Waals surface area contributed by atoms with Crippen molar-refractivity contribution in [3.8, 4) is 0 Å². The Bertz CT molecular complexity index is 184. The van der Waals surface area contributed by atoms with Crippen LogP contribution >= 0.6 is 0 Å².